The van der Waals surface area contributed by atoms with Gasteiger partial charge in [0, 0.05) is 37.7 Å². The van der Waals surface area contributed by atoms with E-state index in [0.29, 0.717) is 17.3 Å². The molecule has 0 unspecified atom stereocenters. The Kier molecular flexibility index (Phi) is 8.92. The molecule has 1 heterocycles. The third-order valence-electron chi connectivity index (χ3n) is 3.17. The molecule has 1 aromatic carbocycles. The zero-order valence-corrected chi connectivity index (χ0v) is 17.6. The van der Waals surface area contributed by atoms with Crippen LogP contribution in [-0.4, -0.2) is 23.2 Å². The molecular formula is C16H15ClF2NO2SY-. The molecule has 0 bridgehead atoms. The molecule has 0 aliphatic heterocycles. The van der Waals surface area contributed by atoms with Gasteiger partial charge in [0.15, 0.2) is 0 Å². The van der Waals surface area contributed by atoms with Crippen molar-refractivity contribution in [2.75, 3.05) is 12.2 Å². The summed E-state index contributed by atoms with van der Waals surface area (Å²) < 4.78 is 32.0. The van der Waals surface area contributed by atoms with E-state index in [1.807, 2.05) is 13.2 Å². The molecule has 1 radical (unpaired) electrons. The molecular weight excluding hydrogens is 433 g/mol. The van der Waals surface area contributed by atoms with Gasteiger partial charge in [0.2, 0.25) is 5.56 Å². The maximum absolute atomic E-state index is 12.8. The molecule has 0 N–H and O–H groups in total. The van der Waals surface area contributed by atoms with E-state index in [4.69, 9.17) is 16.3 Å². The minimum Gasteiger partial charge on any atom is -0.483 e. The number of pyridine rings is 1. The van der Waals surface area contributed by atoms with Crippen LogP contribution >= 0.6 is 23.4 Å². The quantitative estimate of drug-likeness (QED) is 0.490. The van der Waals surface area contributed by atoms with Gasteiger partial charge in [-0.1, -0.05) is 23.7 Å². The van der Waals surface area contributed by atoms with Gasteiger partial charge in [-0.25, -0.2) is 8.78 Å². The van der Waals surface area contributed by atoms with Crippen LogP contribution in [0.2, 0.25) is 5.02 Å². The Hall–Kier alpha value is -0.426. The molecule has 0 saturated heterocycles. The molecule has 0 aliphatic carbocycles. The molecule has 0 spiro atoms. The van der Waals surface area contributed by atoms with Gasteiger partial charge in [-0.15, -0.1) is 17.8 Å². The summed E-state index contributed by atoms with van der Waals surface area (Å²) in [6.45, 7) is 1.09. The standard InChI is InChI=1S/C16H15ClF2NO2S.Y/c1-10-7-11(22-9-23-2)3-4-12(10)14-6-5-13(17)16(21)20(14)8-15(18)19;/h3-5,7,15H,8-9H2,1-2H3;/q-1;. The number of ether oxygens (including phenoxy) is 1. The normalized spacial score (nSPS) is 10.6. The van der Waals surface area contributed by atoms with Gasteiger partial charge in [0.1, 0.15) is 11.7 Å². The molecule has 24 heavy (non-hydrogen) atoms. The van der Waals surface area contributed by atoms with Crippen LogP contribution in [0.15, 0.2) is 29.1 Å². The molecule has 127 valence electrons. The molecule has 0 amide bonds. The van der Waals surface area contributed by atoms with Crippen molar-refractivity contribution in [3.05, 3.63) is 51.3 Å². The average Bonchev–Trinajstić information content (AvgIpc) is 2.50. The maximum atomic E-state index is 12.8. The number of halogens is 3. The number of aryl methyl sites for hydroxylation is 1. The zero-order valence-electron chi connectivity index (χ0n) is 13.2. The first-order valence-corrected chi connectivity index (χ1v) is 8.53. The summed E-state index contributed by atoms with van der Waals surface area (Å²) in [5.41, 5.74) is 1.07. The van der Waals surface area contributed by atoms with Crippen molar-refractivity contribution in [2.24, 2.45) is 0 Å². The summed E-state index contributed by atoms with van der Waals surface area (Å²) in [6, 6.07) is 9.39. The van der Waals surface area contributed by atoms with Crippen LogP contribution in [0.5, 0.6) is 5.75 Å². The first kappa shape index (κ1) is 21.6. The third kappa shape index (κ3) is 5.28. The summed E-state index contributed by atoms with van der Waals surface area (Å²) in [7, 11) is 0. The van der Waals surface area contributed by atoms with Gasteiger partial charge in [-0.05, 0) is 18.4 Å². The van der Waals surface area contributed by atoms with E-state index in [2.05, 4.69) is 6.07 Å². The maximum Gasteiger partial charge on any atom is 0.256 e. The zero-order chi connectivity index (χ0) is 17.0. The van der Waals surface area contributed by atoms with E-state index < -0.39 is 18.5 Å². The third-order valence-corrected chi connectivity index (χ3v) is 3.80. The number of aromatic nitrogens is 1. The van der Waals surface area contributed by atoms with Crippen molar-refractivity contribution >= 4 is 23.4 Å². The summed E-state index contributed by atoms with van der Waals surface area (Å²) in [5.74, 6) is 1.19. The molecule has 0 fully saturated rings. The second kappa shape index (κ2) is 9.90. The predicted octanol–water partition coefficient (Wildman–Crippen LogP) is 4.24. The fourth-order valence-electron chi connectivity index (χ4n) is 2.16. The topological polar surface area (TPSA) is 31.2 Å². The van der Waals surface area contributed by atoms with E-state index in [-0.39, 0.29) is 43.4 Å². The van der Waals surface area contributed by atoms with Crippen molar-refractivity contribution in [1.29, 1.82) is 0 Å². The van der Waals surface area contributed by atoms with Gasteiger partial charge < -0.3 is 9.30 Å². The van der Waals surface area contributed by atoms with E-state index in [0.717, 1.165) is 10.1 Å². The smallest absolute Gasteiger partial charge is 0.256 e. The van der Waals surface area contributed by atoms with Gasteiger partial charge in [-0.3, -0.25) is 4.79 Å². The summed E-state index contributed by atoms with van der Waals surface area (Å²) in [5, 5.41) is -0.132. The van der Waals surface area contributed by atoms with Crippen LogP contribution in [0.3, 0.4) is 0 Å². The Morgan fingerprint density at radius 1 is 1.42 bits per heavy atom. The van der Waals surface area contributed by atoms with E-state index >= 15 is 0 Å². The fraction of sp³-hybridized carbons (Fsp3) is 0.312. The minimum atomic E-state index is -2.66. The van der Waals surface area contributed by atoms with Crippen LogP contribution in [0, 0.1) is 13.0 Å². The van der Waals surface area contributed by atoms with Crippen molar-refractivity contribution in [3.8, 4) is 17.0 Å². The van der Waals surface area contributed by atoms with Crippen molar-refractivity contribution < 1.29 is 46.2 Å². The van der Waals surface area contributed by atoms with Crippen molar-refractivity contribution in [3.63, 3.8) is 0 Å². The van der Waals surface area contributed by atoms with Gasteiger partial charge in [0.05, 0.1) is 6.54 Å². The Morgan fingerprint density at radius 3 is 2.71 bits per heavy atom. The van der Waals surface area contributed by atoms with E-state index in [1.165, 1.54) is 6.07 Å². The Balaban J connectivity index is 0.00000288. The molecule has 3 nitrogen and oxygen atoms in total. The van der Waals surface area contributed by atoms with Crippen molar-refractivity contribution in [1.82, 2.24) is 4.57 Å². The van der Waals surface area contributed by atoms with Crippen LogP contribution in [-0.2, 0) is 39.3 Å². The van der Waals surface area contributed by atoms with Crippen LogP contribution in [0.4, 0.5) is 8.78 Å². The van der Waals surface area contributed by atoms with E-state index in [9.17, 15) is 13.6 Å². The largest absolute Gasteiger partial charge is 0.483 e. The molecule has 2 aromatic rings. The second-order valence-corrected chi connectivity index (χ2v) is 6.04. The number of hydrogen-bond acceptors (Lipinski definition) is 3. The van der Waals surface area contributed by atoms with Crippen LogP contribution < -0.4 is 10.3 Å². The van der Waals surface area contributed by atoms with Crippen LogP contribution in [0.1, 0.15) is 5.56 Å². The van der Waals surface area contributed by atoms with Gasteiger partial charge >= 0.3 is 0 Å². The Labute approximate surface area is 173 Å². The molecule has 1 aromatic heterocycles. The number of thioether (sulfide) groups is 1. The predicted molar refractivity (Wildman–Crippen MR) is 89.7 cm³/mol. The number of benzene rings is 1. The summed E-state index contributed by atoms with van der Waals surface area (Å²) in [4.78, 5) is 12.1. The number of hydrogen-bond donors (Lipinski definition) is 0. The Morgan fingerprint density at radius 2 is 2.12 bits per heavy atom. The molecule has 8 heteroatoms. The Bertz CT molecular complexity index is 755. The number of nitrogens with zero attached hydrogens (tertiary/aromatic N) is 1. The molecule has 2 rings (SSSR count). The fourth-order valence-corrected chi connectivity index (χ4v) is 2.57. The van der Waals surface area contributed by atoms with Crippen molar-refractivity contribution in [2.45, 2.75) is 19.9 Å². The number of alkyl halides is 2. The minimum absolute atomic E-state index is 0. The average molecular weight is 448 g/mol. The van der Waals surface area contributed by atoms with Gasteiger partial charge in [-0.2, -0.15) is 23.7 Å². The monoisotopic (exact) mass is 447 g/mol. The second-order valence-electron chi connectivity index (χ2n) is 4.82. The van der Waals surface area contributed by atoms with E-state index in [1.54, 1.807) is 30.0 Å². The van der Waals surface area contributed by atoms with Crippen LogP contribution in [0.25, 0.3) is 11.3 Å². The number of rotatable bonds is 6. The summed E-state index contributed by atoms with van der Waals surface area (Å²) >= 11 is 7.29. The van der Waals surface area contributed by atoms with Gasteiger partial charge in [0.25, 0.3) is 6.43 Å². The molecule has 0 aliphatic rings. The SMILES string of the molecule is CSCOc1ccc(-c2[c-]cc(Cl)c(=O)n2CC(F)F)c(C)c1.[Y]. The molecule has 0 atom stereocenters. The first-order valence-electron chi connectivity index (χ1n) is 6.76. The molecule has 0 saturated carbocycles. The summed E-state index contributed by atoms with van der Waals surface area (Å²) in [6.07, 6.45) is -0.741. The first-order chi connectivity index (χ1) is 10.9.